The normalized spacial score (nSPS) is 35.8. The summed E-state index contributed by atoms with van der Waals surface area (Å²) < 4.78 is 6.30. The number of rotatable bonds is 3. The first kappa shape index (κ1) is 14.6. The Kier molecular flexibility index (Phi) is 4.32. The summed E-state index contributed by atoms with van der Waals surface area (Å²) in [5.74, 6) is 3.11. The fourth-order valence-electron chi connectivity index (χ4n) is 3.64. The Labute approximate surface area is 116 Å². The lowest BCUT2D eigenvalue weighted by atomic mass is 9.82. The molecule has 0 amide bonds. The van der Waals surface area contributed by atoms with Crippen molar-refractivity contribution in [2.75, 3.05) is 38.2 Å². The molecule has 0 spiro atoms. The van der Waals surface area contributed by atoms with E-state index in [1.54, 1.807) is 0 Å². The molecule has 0 aromatic carbocycles. The minimum atomic E-state index is -0.0759. The molecule has 0 aromatic rings. The largest absolute Gasteiger partial charge is 0.368 e. The third kappa shape index (κ3) is 2.87. The third-order valence-corrected chi connectivity index (χ3v) is 5.38. The molecule has 3 nitrogen and oxygen atoms in total. The van der Waals surface area contributed by atoms with Gasteiger partial charge in [-0.15, -0.1) is 0 Å². The van der Waals surface area contributed by atoms with Crippen LogP contribution in [-0.2, 0) is 4.74 Å². The summed E-state index contributed by atoms with van der Waals surface area (Å²) in [5, 5.41) is 3.49. The summed E-state index contributed by atoms with van der Waals surface area (Å²) in [6.07, 6.45) is 0. The van der Waals surface area contributed by atoms with E-state index in [2.05, 4.69) is 56.7 Å². The number of ether oxygens (including phenoxy) is 1. The van der Waals surface area contributed by atoms with E-state index in [-0.39, 0.29) is 11.2 Å². The first-order valence-electron chi connectivity index (χ1n) is 7.04. The molecule has 2 aliphatic rings. The Balaban J connectivity index is 2.08. The zero-order valence-electron chi connectivity index (χ0n) is 12.5. The van der Waals surface area contributed by atoms with Gasteiger partial charge in [-0.1, -0.05) is 0 Å². The van der Waals surface area contributed by atoms with Gasteiger partial charge in [0.2, 0.25) is 0 Å². The molecule has 2 fully saturated rings. The molecule has 106 valence electrons. The van der Waals surface area contributed by atoms with Crippen LogP contribution in [0.4, 0.5) is 0 Å². The maximum atomic E-state index is 6.30. The van der Waals surface area contributed by atoms with Crippen molar-refractivity contribution in [2.24, 2.45) is 5.92 Å². The van der Waals surface area contributed by atoms with Crippen LogP contribution in [0.5, 0.6) is 0 Å². The van der Waals surface area contributed by atoms with Crippen LogP contribution in [-0.4, -0.2) is 60.3 Å². The second-order valence-corrected chi connectivity index (χ2v) is 7.82. The predicted molar refractivity (Wildman–Crippen MR) is 79.3 cm³/mol. The Hall–Kier alpha value is 0.230. The summed E-state index contributed by atoms with van der Waals surface area (Å²) in [6, 6.07) is 0.432. The number of thioether (sulfide) groups is 1. The SMILES string of the molecule is CNC1C(CN2CCSCC2)C(C)(C)OC1(C)C. The van der Waals surface area contributed by atoms with Crippen LogP contribution in [0.1, 0.15) is 27.7 Å². The van der Waals surface area contributed by atoms with Crippen molar-refractivity contribution >= 4 is 11.8 Å². The van der Waals surface area contributed by atoms with Crippen LogP contribution in [0.2, 0.25) is 0 Å². The van der Waals surface area contributed by atoms with Crippen molar-refractivity contribution in [3.8, 4) is 0 Å². The van der Waals surface area contributed by atoms with E-state index >= 15 is 0 Å². The van der Waals surface area contributed by atoms with E-state index in [4.69, 9.17) is 4.74 Å². The molecule has 4 heteroatoms. The maximum absolute atomic E-state index is 6.30. The summed E-state index contributed by atoms with van der Waals surface area (Å²) in [6.45, 7) is 12.5. The number of likely N-dealkylation sites (N-methyl/N-ethyl adjacent to an activating group) is 1. The van der Waals surface area contributed by atoms with Gasteiger partial charge < -0.3 is 15.0 Å². The van der Waals surface area contributed by atoms with Crippen LogP contribution < -0.4 is 5.32 Å². The van der Waals surface area contributed by atoms with Crippen molar-refractivity contribution in [2.45, 2.75) is 44.9 Å². The number of nitrogens with one attached hydrogen (secondary N) is 1. The first-order chi connectivity index (χ1) is 8.37. The molecule has 0 bridgehead atoms. The van der Waals surface area contributed by atoms with Gasteiger partial charge in [0.25, 0.3) is 0 Å². The van der Waals surface area contributed by atoms with Crippen molar-refractivity contribution in [1.82, 2.24) is 10.2 Å². The van der Waals surface area contributed by atoms with E-state index in [1.807, 2.05) is 0 Å². The standard InChI is InChI=1S/C14H28N2OS/c1-13(2)11(10-16-6-8-18-9-7-16)12(15-5)14(3,4)17-13/h11-12,15H,6-10H2,1-5H3. The van der Waals surface area contributed by atoms with Crippen LogP contribution in [0.15, 0.2) is 0 Å². The molecular formula is C14H28N2OS. The molecule has 2 rings (SSSR count). The number of hydrogen-bond donors (Lipinski definition) is 1. The summed E-state index contributed by atoms with van der Waals surface area (Å²) >= 11 is 2.07. The van der Waals surface area contributed by atoms with Crippen molar-refractivity contribution < 1.29 is 4.74 Å². The Morgan fingerprint density at radius 1 is 1.17 bits per heavy atom. The fraction of sp³-hybridized carbons (Fsp3) is 1.00. The minimum Gasteiger partial charge on any atom is -0.368 e. The monoisotopic (exact) mass is 272 g/mol. The smallest absolute Gasteiger partial charge is 0.0790 e. The second-order valence-electron chi connectivity index (χ2n) is 6.59. The number of nitrogens with zero attached hydrogens (tertiary/aromatic N) is 1. The average Bonchev–Trinajstić information content (AvgIpc) is 2.45. The van der Waals surface area contributed by atoms with E-state index < -0.39 is 0 Å². The summed E-state index contributed by atoms with van der Waals surface area (Å²) in [4.78, 5) is 2.61. The lowest BCUT2D eigenvalue weighted by Crippen LogP contribution is -2.50. The van der Waals surface area contributed by atoms with Gasteiger partial charge in [0.1, 0.15) is 0 Å². The minimum absolute atomic E-state index is 0.0399. The predicted octanol–water partition coefficient (Wildman–Crippen LogP) is 1.83. The Morgan fingerprint density at radius 3 is 2.33 bits per heavy atom. The van der Waals surface area contributed by atoms with Crippen molar-refractivity contribution in [1.29, 1.82) is 0 Å². The van der Waals surface area contributed by atoms with Gasteiger partial charge in [0.15, 0.2) is 0 Å². The molecule has 2 saturated heterocycles. The molecular weight excluding hydrogens is 244 g/mol. The highest BCUT2D eigenvalue weighted by molar-refractivity contribution is 7.99. The van der Waals surface area contributed by atoms with Crippen LogP contribution >= 0.6 is 11.8 Å². The lowest BCUT2D eigenvalue weighted by molar-refractivity contribution is -0.0792. The fourth-order valence-corrected chi connectivity index (χ4v) is 4.62. The molecule has 0 aliphatic carbocycles. The molecule has 0 radical (unpaired) electrons. The van der Waals surface area contributed by atoms with E-state index in [0.29, 0.717) is 12.0 Å². The maximum Gasteiger partial charge on any atom is 0.0790 e. The van der Waals surface area contributed by atoms with E-state index in [0.717, 1.165) is 6.54 Å². The molecule has 18 heavy (non-hydrogen) atoms. The van der Waals surface area contributed by atoms with Crippen LogP contribution in [0.3, 0.4) is 0 Å². The third-order valence-electron chi connectivity index (χ3n) is 4.44. The lowest BCUT2D eigenvalue weighted by Gasteiger charge is -2.35. The first-order valence-corrected chi connectivity index (χ1v) is 8.20. The van der Waals surface area contributed by atoms with Gasteiger partial charge in [-0.05, 0) is 34.7 Å². The molecule has 2 aliphatic heterocycles. The zero-order valence-corrected chi connectivity index (χ0v) is 13.3. The molecule has 1 N–H and O–H groups in total. The molecule has 0 saturated carbocycles. The van der Waals surface area contributed by atoms with Crippen LogP contribution in [0.25, 0.3) is 0 Å². The zero-order chi connectivity index (χ0) is 13.4. The molecule has 2 heterocycles. The van der Waals surface area contributed by atoms with E-state index in [9.17, 15) is 0 Å². The van der Waals surface area contributed by atoms with Gasteiger partial charge in [0.05, 0.1) is 11.2 Å². The van der Waals surface area contributed by atoms with Gasteiger partial charge in [-0.3, -0.25) is 0 Å². The molecule has 2 unspecified atom stereocenters. The van der Waals surface area contributed by atoms with E-state index in [1.165, 1.54) is 24.6 Å². The molecule has 0 aromatic heterocycles. The van der Waals surface area contributed by atoms with Gasteiger partial charge in [-0.2, -0.15) is 11.8 Å². The Bertz CT molecular complexity index is 288. The van der Waals surface area contributed by atoms with Crippen LogP contribution in [0, 0.1) is 5.92 Å². The van der Waals surface area contributed by atoms with Gasteiger partial charge in [-0.25, -0.2) is 0 Å². The summed E-state index contributed by atoms with van der Waals surface area (Å²) in [5.41, 5.74) is -0.116. The van der Waals surface area contributed by atoms with Gasteiger partial charge >= 0.3 is 0 Å². The average molecular weight is 272 g/mol. The van der Waals surface area contributed by atoms with Gasteiger partial charge in [0, 0.05) is 43.1 Å². The highest BCUT2D eigenvalue weighted by Crippen LogP contribution is 2.42. The van der Waals surface area contributed by atoms with Crippen molar-refractivity contribution in [3.05, 3.63) is 0 Å². The second kappa shape index (κ2) is 5.31. The highest BCUT2D eigenvalue weighted by atomic mass is 32.2. The highest BCUT2D eigenvalue weighted by Gasteiger charge is 2.53. The quantitative estimate of drug-likeness (QED) is 0.847. The van der Waals surface area contributed by atoms with Crippen molar-refractivity contribution in [3.63, 3.8) is 0 Å². The topological polar surface area (TPSA) is 24.5 Å². The Morgan fingerprint density at radius 2 is 1.78 bits per heavy atom. The number of hydrogen-bond acceptors (Lipinski definition) is 4. The molecule has 2 atom stereocenters. The summed E-state index contributed by atoms with van der Waals surface area (Å²) in [7, 11) is 2.07.